The van der Waals surface area contributed by atoms with Gasteiger partial charge in [0, 0.05) is 0 Å². The molecule has 1 aliphatic rings. The van der Waals surface area contributed by atoms with E-state index in [1.165, 1.54) is 44.5 Å². The highest BCUT2D eigenvalue weighted by Crippen LogP contribution is 2.57. The fourth-order valence-electron chi connectivity index (χ4n) is 4.81. The van der Waals surface area contributed by atoms with Gasteiger partial charge < -0.3 is 0 Å². The lowest BCUT2D eigenvalue weighted by Crippen LogP contribution is -2.30. The number of rotatable bonds is 4. The van der Waals surface area contributed by atoms with Gasteiger partial charge in [0.1, 0.15) is 0 Å². The Morgan fingerprint density at radius 1 is 0.828 bits per heavy atom. The molecule has 4 rings (SSSR count). The van der Waals surface area contributed by atoms with Crippen molar-refractivity contribution in [1.29, 1.82) is 0 Å². The van der Waals surface area contributed by atoms with Crippen LogP contribution in [0.25, 0.3) is 11.1 Å². The molecule has 0 aliphatic heterocycles. The first-order valence-corrected chi connectivity index (χ1v) is 10.3. The largest absolute Gasteiger partial charge is 0.0961 e. The maximum absolute atomic E-state index is 4.09. The molecule has 0 amide bonds. The summed E-state index contributed by atoms with van der Waals surface area (Å²) in [4.78, 5) is 0. The summed E-state index contributed by atoms with van der Waals surface area (Å²) >= 11 is 0. The standard InChI is InChI=1S/C29H28/c1-6-23(17-14-20(2)3)29(24-18-15-21(4)16-19-24)27-13-8-7-11-25(27)26-12-9-10-22(5)28(26)29/h6-19H,2H2,1,3-5H3. The second-order valence-electron chi connectivity index (χ2n) is 8.08. The molecule has 0 spiro atoms. The highest BCUT2D eigenvalue weighted by molar-refractivity contribution is 5.87. The first-order valence-electron chi connectivity index (χ1n) is 10.3. The van der Waals surface area contributed by atoms with Gasteiger partial charge in [-0.05, 0) is 66.6 Å². The van der Waals surface area contributed by atoms with Gasteiger partial charge in [0.25, 0.3) is 0 Å². The van der Waals surface area contributed by atoms with Crippen LogP contribution in [-0.4, -0.2) is 0 Å². The lowest BCUT2D eigenvalue weighted by atomic mass is 9.66. The van der Waals surface area contributed by atoms with E-state index in [-0.39, 0.29) is 5.41 Å². The molecular formula is C29H28. The van der Waals surface area contributed by atoms with E-state index in [0.717, 1.165) is 5.57 Å². The first kappa shape index (κ1) is 19.2. The van der Waals surface area contributed by atoms with E-state index in [9.17, 15) is 0 Å². The van der Waals surface area contributed by atoms with Gasteiger partial charge >= 0.3 is 0 Å². The van der Waals surface area contributed by atoms with E-state index < -0.39 is 0 Å². The monoisotopic (exact) mass is 376 g/mol. The van der Waals surface area contributed by atoms with Crippen LogP contribution in [-0.2, 0) is 5.41 Å². The number of allylic oxidation sites excluding steroid dienone is 5. The lowest BCUT2D eigenvalue weighted by Gasteiger charge is -2.36. The molecule has 0 N–H and O–H groups in total. The number of aryl methyl sites for hydroxylation is 2. The Hall–Kier alpha value is -3.12. The topological polar surface area (TPSA) is 0 Å². The molecule has 1 unspecified atom stereocenters. The van der Waals surface area contributed by atoms with Gasteiger partial charge in [-0.15, -0.1) is 0 Å². The number of fused-ring (bicyclic) bond motifs is 3. The fraction of sp³-hybridized carbons (Fsp3) is 0.172. The lowest BCUT2D eigenvalue weighted by molar-refractivity contribution is 0.758. The molecule has 3 aromatic carbocycles. The Labute approximate surface area is 174 Å². The fourth-order valence-corrected chi connectivity index (χ4v) is 4.81. The third-order valence-corrected chi connectivity index (χ3v) is 6.05. The van der Waals surface area contributed by atoms with Crippen LogP contribution in [0.15, 0.2) is 103 Å². The summed E-state index contributed by atoms with van der Waals surface area (Å²) in [5.74, 6) is 0. The number of hydrogen-bond donors (Lipinski definition) is 0. The smallest absolute Gasteiger partial charge is 0.0712 e. The van der Waals surface area contributed by atoms with Crippen molar-refractivity contribution in [2.75, 3.05) is 0 Å². The molecule has 1 atom stereocenters. The molecule has 0 radical (unpaired) electrons. The highest BCUT2D eigenvalue weighted by atomic mass is 14.5. The van der Waals surface area contributed by atoms with Crippen LogP contribution in [0.4, 0.5) is 0 Å². The van der Waals surface area contributed by atoms with Gasteiger partial charge in [0.15, 0.2) is 0 Å². The maximum atomic E-state index is 4.09. The number of benzene rings is 3. The molecule has 144 valence electrons. The van der Waals surface area contributed by atoms with E-state index in [1.807, 2.05) is 6.92 Å². The van der Waals surface area contributed by atoms with Crippen LogP contribution in [0.3, 0.4) is 0 Å². The van der Waals surface area contributed by atoms with Crippen LogP contribution < -0.4 is 0 Å². The normalized spacial score (nSPS) is 18.0. The summed E-state index contributed by atoms with van der Waals surface area (Å²) < 4.78 is 0. The number of hydrogen-bond acceptors (Lipinski definition) is 0. The highest BCUT2D eigenvalue weighted by Gasteiger charge is 2.47. The molecule has 0 saturated carbocycles. The van der Waals surface area contributed by atoms with Crippen LogP contribution in [0, 0.1) is 13.8 Å². The van der Waals surface area contributed by atoms with E-state index in [4.69, 9.17) is 0 Å². The van der Waals surface area contributed by atoms with Crippen molar-refractivity contribution >= 4 is 0 Å². The van der Waals surface area contributed by atoms with E-state index >= 15 is 0 Å². The summed E-state index contributed by atoms with van der Waals surface area (Å²) in [6.07, 6.45) is 6.64. The molecule has 0 heterocycles. The van der Waals surface area contributed by atoms with Crippen LogP contribution in [0.2, 0.25) is 0 Å². The third-order valence-electron chi connectivity index (χ3n) is 6.05. The molecule has 0 bridgehead atoms. The quantitative estimate of drug-likeness (QED) is 0.409. The van der Waals surface area contributed by atoms with Gasteiger partial charge in [0.05, 0.1) is 5.41 Å². The van der Waals surface area contributed by atoms with E-state index in [1.54, 1.807) is 0 Å². The molecular weight excluding hydrogens is 348 g/mol. The van der Waals surface area contributed by atoms with Gasteiger partial charge in [0.2, 0.25) is 0 Å². The second kappa shape index (κ2) is 7.37. The van der Waals surface area contributed by atoms with Crippen molar-refractivity contribution in [3.05, 3.63) is 131 Å². The zero-order valence-corrected chi connectivity index (χ0v) is 17.8. The average Bonchev–Trinajstić information content (AvgIpc) is 3.02. The minimum absolute atomic E-state index is 0.328. The minimum Gasteiger partial charge on any atom is -0.0961 e. The van der Waals surface area contributed by atoms with Crippen molar-refractivity contribution in [3.8, 4) is 11.1 Å². The van der Waals surface area contributed by atoms with Gasteiger partial charge in [-0.2, -0.15) is 0 Å². The van der Waals surface area contributed by atoms with Gasteiger partial charge in [-0.1, -0.05) is 103 Å². The molecule has 0 nitrogen and oxygen atoms in total. The molecule has 3 aromatic rings. The van der Waals surface area contributed by atoms with Gasteiger partial charge in [-0.3, -0.25) is 0 Å². The van der Waals surface area contributed by atoms with Gasteiger partial charge in [-0.25, -0.2) is 0 Å². The Bertz CT molecular complexity index is 1140. The summed E-state index contributed by atoms with van der Waals surface area (Å²) in [7, 11) is 0. The molecule has 0 aromatic heterocycles. The van der Waals surface area contributed by atoms with Crippen molar-refractivity contribution in [2.24, 2.45) is 0 Å². The maximum Gasteiger partial charge on any atom is 0.0712 e. The minimum atomic E-state index is -0.328. The Kier molecular flexibility index (Phi) is 4.88. The zero-order valence-electron chi connectivity index (χ0n) is 17.8. The Morgan fingerprint density at radius 2 is 1.52 bits per heavy atom. The molecule has 0 heteroatoms. The zero-order chi connectivity index (χ0) is 20.6. The molecule has 0 fully saturated rings. The van der Waals surface area contributed by atoms with Crippen molar-refractivity contribution in [3.63, 3.8) is 0 Å². The third kappa shape index (κ3) is 2.91. The van der Waals surface area contributed by atoms with Crippen molar-refractivity contribution < 1.29 is 0 Å². The van der Waals surface area contributed by atoms with Crippen LogP contribution >= 0.6 is 0 Å². The van der Waals surface area contributed by atoms with E-state index in [2.05, 4.69) is 112 Å². The second-order valence-corrected chi connectivity index (χ2v) is 8.08. The van der Waals surface area contributed by atoms with Crippen LogP contribution in [0.1, 0.15) is 41.7 Å². The first-order chi connectivity index (χ1) is 14.0. The summed E-state index contributed by atoms with van der Waals surface area (Å²) in [5.41, 5.74) is 11.3. The Morgan fingerprint density at radius 3 is 2.21 bits per heavy atom. The summed E-state index contributed by atoms with van der Waals surface area (Å²) in [6.45, 7) is 12.7. The summed E-state index contributed by atoms with van der Waals surface area (Å²) in [5, 5.41) is 0. The van der Waals surface area contributed by atoms with Crippen molar-refractivity contribution in [2.45, 2.75) is 33.1 Å². The average molecular weight is 377 g/mol. The summed E-state index contributed by atoms with van der Waals surface area (Å²) in [6, 6.07) is 24.6. The molecule has 0 saturated heterocycles. The Balaban J connectivity index is 2.17. The predicted octanol–water partition coefficient (Wildman–Crippen LogP) is 7.70. The van der Waals surface area contributed by atoms with Crippen LogP contribution in [0.5, 0.6) is 0 Å². The molecule has 1 aliphatic carbocycles. The predicted molar refractivity (Wildman–Crippen MR) is 125 cm³/mol. The SMILES string of the molecule is C=C(C)C=CC(=CC)C1(c2ccc(C)cc2)c2ccccc2-c2cccc(C)c21. The van der Waals surface area contributed by atoms with E-state index in [0.29, 0.717) is 0 Å². The molecule has 29 heavy (non-hydrogen) atoms. The van der Waals surface area contributed by atoms with Crippen molar-refractivity contribution in [1.82, 2.24) is 0 Å².